The van der Waals surface area contributed by atoms with Gasteiger partial charge in [-0.1, -0.05) is 46.6 Å². The molecule has 3 heterocycles. The van der Waals surface area contributed by atoms with E-state index in [0.717, 1.165) is 62.1 Å². The van der Waals surface area contributed by atoms with Gasteiger partial charge in [-0.25, -0.2) is 4.79 Å². The number of halogens is 2. The van der Waals surface area contributed by atoms with Gasteiger partial charge in [-0.3, -0.25) is 0 Å². The summed E-state index contributed by atoms with van der Waals surface area (Å²) in [4.78, 5) is 11.2. The maximum atomic E-state index is 11.2. The average molecular weight is 513 g/mol. The zero-order valence-corrected chi connectivity index (χ0v) is 20.7. The van der Waals surface area contributed by atoms with E-state index in [1.165, 1.54) is 0 Å². The molecule has 0 radical (unpaired) electrons. The Kier molecular flexibility index (Phi) is 5.59. The van der Waals surface area contributed by atoms with Gasteiger partial charge in [0.15, 0.2) is 5.76 Å². The molecule has 7 rings (SSSR count). The number of fused-ring (bicyclic) bond motifs is 3. The first-order valence-electron chi connectivity index (χ1n) is 12.1. The number of carboxylic acids is 1. The summed E-state index contributed by atoms with van der Waals surface area (Å²) in [6.45, 7) is 1.39. The maximum Gasteiger partial charge on any atom is 0.335 e. The number of nitrogens with zero attached hydrogens (tertiary/aromatic N) is 1. The van der Waals surface area contributed by atoms with Gasteiger partial charge in [0.2, 0.25) is 0 Å². The number of aromatic carboxylic acids is 1. The van der Waals surface area contributed by atoms with Crippen LogP contribution in [0.3, 0.4) is 0 Å². The van der Waals surface area contributed by atoms with Gasteiger partial charge in [0.1, 0.15) is 11.4 Å². The Morgan fingerprint density at radius 1 is 1.06 bits per heavy atom. The Labute approximate surface area is 213 Å². The van der Waals surface area contributed by atoms with Crippen LogP contribution < -0.4 is 5.32 Å². The minimum Gasteiger partial charge on any atom is -0.478 e. The van der Waals surface area contributed by atoms with Gasteiger partial charge < -0.3 is 19.7 Å². The van der Waals surface area contributed by atoms with Crippen molar-refractivity contribution in [1.82, 2.24) is 5.16 Å². The third kappa shape index (κ3) is 4.02. The molecule has 4 aliphatic rings. The van der Waals surface area contributed by atoms with Crippen LogP contribution in [0.4, 0.5) is 5.69 Å². The fourth-order valence-corrected chi connectivity index (χ4v) is 6.13. The molecule has 0 spiro atoms. The van der Waals surface area contributed by atoms with Crippen LogP contribution in [0.5, 0.6) is 0 Å². The highest BCUT2D eigenvalue weighted by atomic mass is 35.5. The third-order valence-electron chi connectivity index (χ3n) is 7.94. The van der Waals surface area contributed by atoms with Crippen molar-refractivity contribution in [1.29, 1.82) is 0 Å². The lowest BCUT2D eigenvalue weighted by Crippen LogP contribution is -2.52. The molecule has 2 saturated heterocycles. The van der Waals surface area contributed by atoms with Crippen molar-refractivity contribution in [3.05, 3.63) is 69.4 Å². The van der Waals surface area contributed by atoms with E-state index >= 15 is 0 Å². The number of carbonyl (C=O) groups is 1. The number of anilines is 1. The van der Waals surface area contributed by atoms with E-state index in [-0.39, 0.29) is 11.0 Å². The molecule has 1 aromatic heterocycles. The summed E-state index contributed by atoms with van der Waals surface area (Å²) in [5, 5.41) is 18.4. The summed E-state index contributed by atoms with van der Waals surface area (Å²) in [5.74, 6) is 0.352. The second-order valence-corrected chi connectivity index (χ2v) is 11.0. The molecule has 4 fully saturated rings. The van der Waals surface area contributed by atoms with E-state index < -0.39 is 5.97 Å². The van der Waals surface area contributed by atoms with Crippen molar-refractivity contribution in [2.24, 2.45) is 5.41 Å². The first kappa shape index (κ1) is 22.9. The highest BCUT2D eigenvalue weighted by molar-refractivity contribution is 6.39. The Morgan fingerprint density at radius 3 is 2.31 bits per heavy atom. The van der Waals surface area contributed by atoms with Gasteiger partial charge in [-0.05, 0) is 68.4 Å². The highest BCUT2D eigenvalue weighted by Crippen LogP contribution is 2.54. The molecule has 2 N–H and O–H groups in total. The molecule has 2 aromatic carbocycles. The standard InChI is InChI=1S/C27H26Cl2N2O4/c28-19-2-1-3-20(29)21(19)22-23(24(35-31-22)16-4-5-16)30-14-26-10-12-27(13-11-26,34-15-26)18-8-6-17(7-9-18)25(32)33/h1-3,6-9,16,30H,4-5,10-15H2,(H,32,33). The van der Waals surface area contributed by atoms with E-state index in [1.54, 1.807) is 12.1 Å². The zero-order chi connectivity index (χ0) is 24.2. The molecule has 3 aromatic rings. The lowest BCUT2D eigenvalue weighted by atomic mass is 9.64. The summed E-state index contributed by atoms with van der Waals surface area (Å²) in [5.41, 5.74) is 3.30. The summed E-state index contributed by atoms with van der Waals surface area (Å²) < 4.78 is 12.3. The largest absolute Gasteiger partial charge is 0.478 e. The van der Waals surface area contributed by atoms with Crippen molar-refractivity contribution in [3.8, 4) is 11.3 Å². The summed E-state index contributed by atoms with van der Waals surface area (Å²) in [6, 6.07) is 12.6. The molecule has 0 unspecified atom stereocenters. The maximum absolute atomic E-state index is 11.2. The van der Waals surface area contributed by atoms with Crippen LogP contribution in [0.1, 0.15) is 66.1 Å². The second kappa shape index (κ2) is 8.54. The van der Waals surface area contributed by atoms with Crippen LogP contribution in [0.2, 0.25) is 10.0 Å². The number of hydrogen-bond donors (Lipinski definition) is 2. The van der Waals surface area contributed by atoms with Crippen LogP contribution in [0, 0.1) is 5.41 Å². The Morgan fingerprint density at radius 2 is 1.74 bits per heavy atom. The molecule has 0 atom stereocenters. The number of ether oxygens (including phenoxy) is 1. The SMILES string of the molecule is O=C(O)c1ccc(C23CCC(CNc4c(-c5c(Cl)cccc5Cl)noc4C4CC4)(CC2)CO3)cc1. The first-order valence-corrected chi connectivity index (χ1v) is 12.8. The average Bonchev–Trinajstić information content (AvgIpc) is 3.64. The van der Waals surface area contributed by atoms with Crippen LogP contribution in [-0.2, 0) is 10.3 Å². The molecule has 0 amide bonds. The van der Waals surface area contributed by atoms with Crippen molar-refractivity contribution >= 4 is 34.9 Å². The zero-order valence-electron chi connectivity index (χ0n) is 19.2. The summed E-state index contributed by atoms with van der Waals surface area (Å²) in [6.07, 6.45) is 6.04. The van der Waals surface area contributed by atoms with E-state index in [2.05, 4.69) is 10.5 Å². The quantitative estimate of drug-likeness (QED) is 0.350. The lowest BCUT2D eigenvalue weighted by Gasteiger charge is -2.53. The molecule has 2 bridgehead atoms. The molecule has 2 saturated carbocycles. The smallest absolute Gasteiger partial charge is 0.335 e. The van der Waals surface area contributed by atoms with Crippen molar-refractivity contribution in [2.45, 2.75) is 50.0 Å². The van der Waals surface area contributed by atoms with Crippen molar-refractivity contribution in [3.63, 3.8) is 0 Å². The van der Waals surface area contributed by atoms with Gasteiger partial charge in [0, 0.05) is 23.4 Å². The molecular weight excluding hydrogens is 487 g/mol. The summed E-state index contributed by atoms with van der Waals surface area (Å²) >= 11 is 13.0. The van der Waals surface area contributed by atoms with Crippen LogP contribution in [0.15, 0.2) is 47.0 Å². The summed E-state index contributed by atoms with van der Waals surface area (Å²) in [7, 11) is 0. The van der Waals surface area contributed by atoms with Crippen LogP contribution >= 0.6 is 23.2 Å². The van der Waals surface area contributed by atoms with Gasteiger partial charge in [0.25, 0.3) is 0 Å². The fourth-order valence-electron chi connectivity index (χ4n) is 5.55. The third-order valence-corrected chi connectivity index (χ3v) is 8.57. The number of benzene rings is 2. The Bertz CT molecular complexity index is 1240. The van der Waals surface area contributed by atoms with Gasteiger partial charge in [-0.15, -0.1) is 0 Å². The normalized spacial score (nSPS) is 25.5. The second-order valence-electron chi connectivity index (χ2n) is 10.2. The van der Waals surface area contributed by atoms with E-state index in [9.17, 15) is 9.90 Å². The number of carboxylic acid groups (broad SMARTS) is 1. The topological polar surface area (TPSA) is 84.6 Å². The lowest BCUT2D eigenvalue weighted by molar-refractivity contribution is -0.185. The molecule has 35 heavy (non-hydrogen) atoms. The molecule has 8 heteroatoms. The van der Waals surface area contributed by atoms with Gasteiger partial charge in [0.05, 0.1) is 27.8 Å². The van der Waals surface area contributed by atoms with Gasteiger partial charge >= 0.3 is 5.97 Å². The predicted octanol–water partition coefficient (Wildman–Crippen LogP) is 7.12. The molecular formula is C27H26Cl2N2O4. The highest BCUT2D eigenvalue weighted by Gasteiger charge is 2.50. The molecule has 6 nitrogen and oxygen atoms in total. The van der Waals surface area contributed by atoms with Crippen molar-refractivity contribution < 1.29 is 19.2 Å². The Hall–Kier alpha value is -2.54. The van der Waals surface area contributed by atoms with E-state index in [0.29, 0.717) is 39.4 Å². The van der Waals surface area contributed by atoms with E-state index in [1.807, 2.05) is 30.3 Å². The van der Waals surface area contributed by atoms with Gasteiger partial charge in [-0.2, -0.15) is 0 Å². The number of hydrogen-bond acceptors (Lipinski definition) is 5. The van der Waals surface area contributed by atoms with E-state index in [4.69, 9.17) is 32.5 Å². The fraction of sp³-hybridized carbons (Fsp3) is 0.407. The van der Waals surface area contributed by atoms with Crippen molar-refractivity contribution in [2.75, 3.05) is 18.5 Å². The predicted molar refractivity (Wildman–Crippen MR) is 134 cm³/mol. The molecule has 2 aliphatic heterocycles. The molecule has 182 valence electrons. The Balaban J connectivity index is 1.22. The van der Waals surface area contributed by atoms with Crippen LogP contribution in [-0.4, -0.2) is 29.4 Å². The number of rotatable bonds is 7. The number of aromatic nitrogens is 1. The first-order chi connectivity index (χ1) is 16.9. The number of nitrogens with one attached hydrogen (secondary N) is 1. The molecule has 2 aliphatic carbocycles. The monoisotopic (exact) mass is 512 g/mol. The van der Waals surface area contributed by atoms with Crippen LogP contribution in [0.25, 0.3) is 11.3 Å². The minimum atomic E-state index is -0.913. The minimum absolute atomic E-state index is 0.0163.